The predicted molar refractivity (Wildman–Crippen MR) is 140 cm³/mol. The van der Waals surface area contributed by atoms with Crippen LogP contribution in [0.5, 0.6) is 0 Å². The van der Waals surface area contributed by atoms with Gasteiger partial charge in [-0.15, -0.1) is 0 Å². The third-order valence-corrected chi connectivity index (χ3v) is 9.29. The van der Waals surface area contributed by atoms with E-state index in [1.807, 2.05) is 19.9 Å². The average Bonchev–Trinajstić information content (AvgIpc) is 3.21. The van der Waals surface area contributed by atoms with Crippen LogP contribution >= 0.6 is 11.6 Å². The number of esters is 1. The molecule has 1 aromatic carbocycles. The van der Waals surface area contributed by atoms with Gasteiger partial charge in [-0.05, 0) is 50.2 Å². The Balaban J connectivity index is 1.46. The molecular formula is C28H35ClN2O7. The molecule has 0 radical (unpaired) electrons. The van der Waals surface area contributed by atoms with Crippen LogP contribution in [-0.2, 0) is 29.5 Å². The van der Waals surface area contributed by atoms with E-state index in [1.54, 1.807) is 32.2 Å². The highest BCUT2D eigenvalue weighted by Crippen LogP contribution is 2.52. The van der Waals surface area contributed by atoms with E-state index in [0.29, 0.717) is 34.7 Å². The van der Waals surface area contributed by atoms with Crippen molar-refractivity contribution in [2.45, 2.75) is 75.7 Å². The maximum Gasteiger partial charge on any atom is 0.323 e. The molecule has 206 valence electrons. The maximum absolute atomic E-state index is 13.7. The van der Waals surface area contributed by atoms with E-state index in [-0.39, 0.29) is 24.2 Å². The Morgan fingerprint density at radius 2 is 2.08 bits per heavy atom. The van der Waals surface area contributed by atoms with Gasteiger partial charge >= 0.3 is 5.97 Å². The van der Waals surface area contributed by atoms with Gasteiger partial charge in [-0.1, -0.05) is 48.9 Å². The molecule has 0 amide bonds. The van der Waals surface area contributed by atoms with Gasteiger partial charge in [0, 0.05) is 24.9 Å². The first-order valence-corrected chi connectivity index (χ1v) is 13.3. The average molecular weight is 547 g/mol. The number of hydrogen-bond acceptors (Lipinski definition) is 9. The Morgan fingerprint density at radius 1 is 1.34 bits per heavy atom. The Labute approximate surface area is 227 Å². The molecule has 1 aromatic rings. The van der Waals surface area contributed by atoms with Crippen molar-refractivity contribution in [3.8, 4) is 0 Å². The topological polar surface area (TPSA) is 118 Å². The van der Waals surface area contributed by atoms with Gasteiger partial charge < -0.3 is 19.7 Å². The summed E-state index contributed by atoms with van der Waals surface area (Å²) in [7, 11) is 1.67. The van der Waals surface area contributed by atoms with E-state index in [4.69, 9.17) is 25.9 Å². The van der Waals surface area contributed by atoms with E-state index in [2.05, 4.69) is 11.9 Å². The Hall–Kier alpha value is -2.43. The van der Waals surface area contributed by atoms with Gasteiger partial charge in [0.05, 0.1) is 10.7 Å². The minimum atomic E-state index is -1.54. The molecule has 5 rings (SSSR count). The normalized spacial score (nSPS) is 39.8. The predicted octanol–water partition coefficient (Wildman–Crippen LogP) is 2.98. The lowest BCUT2D eigenvalue weighted by atomic mass is 9.56. The number of hydroxylamine groups is 1. The van der Waals surface area contributed by atoms with Crippen molar-refractivity contribution in [1.82, 2.24) is 5.32 Å². The number of rotatable bonds is 5. The zero-order chi connectivity index (χ0) is 27.6. The van der Waals surface area contributed by atoms with Crippen molar-refractivity contribution >= 4 is 29.7 Å². The summed E-state index contributed by atoms with van der Waals surface area (Å²) < 4.78 is 11.5. The molecule has 10 heteroatoms. The van der Waals surface area contributed by atoms with Crippen LogP contribution in [0.15, 0.2) is 42.0 Å². The van der Waals surface area contributed by atoms with E-state index in [0.717, 1.165) is 12.0 Å². The van der Waals surface area contributed by atoms with Gasteiger partial charge in [0.2, 0.25) is 0 Å². The Bertz CT molecular complexity index is 1190. The third kappa shape index (κ3) is 3.98. The lowest BCUT2D eigenvalue weighted by molar-refractivity contribution is -0.219. The van der Waals surface area contributed by atoms with Gasteiger partial charge in [-0.25, -0.2) is 0 Å². The van der Waals surface area contributed by atoms with Crippen LogP contribution in [0.2, 0.25) is 5.02 Å². The highest BCUT2D eigenvalue weighted by atomic mass is 35.5. The molecule has 3 N–H and O–H groups in total. The van der Waals surface area contributed by atoms with Crippen molar-refractivity contribution in [1.29, 1.82) is 0 Å². The van der Waals surface area contributed by atoms with Crippen molar-refractivity contribution in [2.24, 2.45) is 17.8 Å². The Morgan fingerprint density at radius 3 is 2.76 bits per heavy atom. The molecule has 0 spiro atoms. The molecule has 2 heterocycles. The van der Waals surface area contributed by atoms with E-state index in [9.17, 15) is 19.8 Å². The summed E-state index contributed by atoms with van der Waals surface area (Å²) in [6.07, 6.45) is 0.421. The quantitative estimate of drug-likeness (QED) is 0.291. The fraction of sp³-hybridized carbons (Fsp3) is 0.571. The number of para-hydroxylation sites is 1. The molecular weight excluding hydrogens is 512 g/mol. The summed E-state index contributed by atoms with van der Waals surface area (Å²) >= 11 is 6.38. The lowest BCUT2D eigenvalue weighted by Gasteiger charge is -2.55. The number of carbonyl (C=O) groups is 2. The summed E-state index contributed by atoms with van der Waals surface area (Å²) in [4.78, 5) is 31.0. The smallest absolute Gasteiger partial charge is 0.323 e. The van der Waals surface area contributed by atoms with E-state index >= 15 is 0 Å². The first-order chi connectivity index (χ1) is 17.9. The number of aliphatic hydroxyl groups is 2. The van der Waals surface area contributed by atoms with Gasteiger partial charge in [-0.3, -0.25) is 24.8 Å². The van der Waals surface area contributed by atoms with Crippen LogP contribution in [0, 0.1) is 17.8 Å². The number of nitrogens with one attached hydrogen (secondary N) is 1. The summed E-state index contributed by atoms with van der Waals surface area (Å²) in [6.45, 7) is 10.1. The minimum absolute atomic E-state index is 0.0112. The highest BCUT2D eigenvalue weighted by molar-refractivity contribution is 6.33. The van der Waals surface area contributed by atoms with Crippen LogP contribution in [0.4, 0.5) is 5.69 Å². The zero-order valence-corrected chi connectivity index (χ0v) is 22.8. The number of hydrogen-bond donors (Lipinski definition) is 3. The van der Waals surface area contributed by atoms with Crippen molar-refractivity contribution < 1.29 is 34.1 Å². The van der Waals surface area contributed by atoms with Crippen LogP contribution in [-0.4, -0.2) is 59.8 Å². The van der Waals surface area contributed by atoms with Crippen molar-refractivity contribution in [3.05, 3.63) is 52.6 Å². The van der Waals surface area contributed by atoms with Gasteiger partial charge in [0.15, 0.2) is 18.4 Å². The van der Waals surface area contributed by atoms with Crippen LogP contribution in [0.1, 0.15) is 45.6 Å². The minimum Gasteiger partial charge on any atom is -0.456 e. The third-order valence-electron chi connectivity index (χ3n) is 8.99. The SMILES string of the molecule is C=C(C)[C@@H]1CC[C@@H](C)[C@@]2(O)[C@@H]1C=C(C)[C@@H](OC=O)[C@@H]2OC(=O)[C@@H]1C[C@@]2(O)c3cccc(Cl)c3N(C)O[C@H]2N1. The van der Waals surface area contributed by atoms with Crippen molar-refractivity contribution in [3.63, 3.8) is 0 Å². The lowest BCUT2D eigenvalue weighted by Crippen LogP contribution is -2.65. The van der Waals surface area contributed by atoms with E-state index < -0.39 is 41.6 Å². The number of ether oxygens (including phenoxy) is 2. The fourth-order valence-corrected chi connectivity index (χ4v) is 7.23. The fourth-order valence-electron chi connectivity index (χ4n) is 6.94. The second-order valence-electron chi connectivity index (χ2n) is 11.2. The second-order valence-corrected chi connectivity index (χ2v) is 11.6. The highest BCUT2D eigenvalue weighted by Gasteiger charge is 2.61. The molecule has 2 aliphatic heterocycles. The molecule has 9 nitrogen and oxygen atoms in total. The molecule has 1 saturated carbocycles. The molecule has 2 fully saturated rings. The number of anilines is 1. The number of allylic oxidation sites excluding steroid dienone is 1. The van der Waals surface area contributed by atoms with E-state index in [1.165, 1.54) is 5.06 Å². The van der Waals surface area contributed by atoms with Gasteiger partial charge in [0.1, 0.15) is 17.2 Å². The maximum atomic E-state index is 13.7. The van der Waals surface area contributed by atoms with Crippen LogP contribution in [0.25, 0.3) is 0 Å². The molecule has 0 aromatic heterocycles. The number of benzene rings is 1. The summed E-state index contributed by atoms with van der Waals surface area (Å²) in [6, 6.07) is 4.23. The molecule has 38 heavy (non-hydrogen) atoms. The second kappa shape index (κ2) is 9.64. The number of fused-ring (bicyclic) bond motifs is 4. The standard InChI is InChI=1S/C28H35ClN2O7/c1-14(2)17-10-9-16(4)28(35)19(17)11-15(3)23(36-13-32)24(28)37-25(33)21-12-27(34)18-7-6-8-20(29)22(18)31(5)38-26(27)30-21/h6-8,11,13,16-17,19,21,23-24,26,30,34-35H,1,9-10,12H2,2-5H3/t16-,17+,19-,21+,23-,24+,26-,27-,28-/m1/s1. The molecule has 4 aliphatic rings. The summed E-state index contributed by atoms with van der Waals surface area (Å²) in [5.74, 6) is -1.29. The zero-order valence-electron chi connectivity index (χ0n) is 22.0. The monoisotopic (exact) mass is 546 g/mol. The number of carbonyl (C=O) groups excluding carboxylic acids is 2. The number of nitrogens with zero attached hydrogens (tertiary/aromatic N) is 1. The largest absolute Gasteiger partial charge is 0.456 e. The van der Waals surface area contributed by atoms with Gasteiger partial charge in [0.25, 0.3) is 6.47 Å². The molecule has 0 bridgehead atoms. The summed E-state index contributed by atoms with van der Waals surface area (Å²) in [5, 5.41) is 28.8. The first-order valence-electron chi connectivity index (χ1n) is 13.0. The number of halogens is 1. The first kappa shape index (κ1) is 27.1. The van der Waals surface area contributed by atoms with Crippen LogP contribution in [0.3, 0.4) is 0 Å². The van der Waals surface area contributed by atoms with Gasteiger partial charge in [-0.2, -0.15) is 0 Å². The molecule has 0 unspecified atom stereocenters. The van der Waals surface area contributed by atoms with Crippen LogP contribution < -0.4 is 10.4 Å². The Kier molecular flexibility index (Phi) is 6.89. The molecule has 2 aliphatic carbocycles. The molecule has 9 atom stereocenters. The van der Waals surface area contributed by atoms with Crippen molar-refractivity contribution in [2.75, 3.05) is 12.1 Å². The summed E-state index contributed by atoms with van der Waals surface area (Å²) in [5.41, 5.74) is -0.329. The molecule has 1 saturated heterocycles.